The highest BCUT2D eigenvalue weighted by atomic mass is 35.5. The number of sulfone groups is 1. The number of benzene rings is 1. The van der Waals surface area contributed by atoms with Crippen LogP contribution in [0.15, 0.2) is 40.5 Å². The van der Waals surface area contributed by atoms with Crippen LogP contribution in [0.4, 0.5) is 4.39 Å². The smallest absolute Gasteiger partial charge is 0.235 e. The van der Waals surface area contributed by atoms with E-state index in [1.54, 1.807) is 29.1 Å². The highest BCUT2D eigenvalue weighted by molar-refractivity contribution is 7.94. The summed E-state index contributed by atoms with van der Waals surface area (Å²) in [6.07, 6.45) is 4.56. The number of nitrogens with zero attached hydrogens (tertiary/aromatic N) is 2. The number of aryl methyl sites for hydroxylation is 1. The van der Waals surface area contributed by atoms with Crippen molar-refractivity contribution < 1.29 is 17.6 Å². The summed E-state index contributed by atoms with van der Waals surface area (Å²) in [5.74, 6) is -2.22. The Hall–Kier alpha value is -1.62. The molecule has 2 heterocycles. The number of nitrogens with one attached hydrogen (secondary N) is 1. The van der Waals surface area contributed by atoms with Gasteiger partial charge in [0.25, 0.3) is 0 Å². The maximum atomic E-state index is 15.4. The standard InChI is InChI=1S/C23H20Cl4FN3O3S2/c24-15-6-5-14(17(25)7-15)11-31-22-13(9-30-31)3-1-2-4-16(22)19(28)10-29-20(32)12-36(33,34)21-8-18(26)23(27)35-21/h5-9H,1-4,10-12H2,(H,29,32)/b19-16-. The van der Waals surface area contributed by atoms with Crippen LogP contribution in [0.1, 0.15) is 36.1 Å². The van der Waals surface area contributed by atoms with Gasteiger partial charge < -0.3 is 5.32 Å². The molecule has 1 N–H and O–H groups in total. The van der Waals surface area contributed by atoms with Crippen molar-refractivity contribution in [1.29, 1.82) is 0 Å². The van der Waals surface area contributed by atoms with Crippen LogP contribution in [0, 0.1) is 0 Å². The van der Waals surface area contributed by atoms with Crippen molar-refractivity contribution in [3.63, 3.8) is 0 Å². The second-order valence-corrected chi connectivity index (χ2v) is 13.3. The molecule has 1 aliphatic rings. The highest BCUT2D eigenvalue weighted by Gasteiger charge is 2.25. The molecule has 0 bridgehead atoms. The van der Waals surface area contributed by atoms with Gasteiger partial charge in [0.2, 0.25) is 5.91 Å². The number of fused-ring (bicyclic) bond motifs is 1. The number of rotatable bonds is 7. The molecular weight excluding hydrogens is 591 g/mol. The van der Waals surface area contributed by atoms with Gasteiger partial charge in [-0.3, -0.25) is 9.48 Å². The summed E-state index contributed by atoms with van der Waals surface area (Å²) in [7, 11) is -3.96. The van der Waals surface area contributed by atoms with Gasteiger partial charge in [0.15, 0.2) is 9.84 Å². The van der Waals surface area contributed by atoms with E-state index in [0.717, 1.165) is 41.7 Å². The molecule has 1 amide bonds. The molecular formula is C23H20Cl4FN3O3S2. The summed E-state index contributed by atoms with van der Waals surface area (Å²) in [5.41, 5.74) is 2.78. The van der Waals surface area contributed by atoms with Crippen LogP contribution in [-0.2, 0) is 27.6 Å². The van der Waals surface area contributed by atoms with Crippen LogP contribution >= 0.6 is 57.7 Å². The second-order valence-electron chi connectivity index (χ2n) is 8.23. The first-order valence-corrected chi connectivity index (χ1v) is 14.8. The fourth-order valence-corrected chi connectivity index (χ4v) is 7.54. The summed E-state index contributed by atoms with van der Waals surface area (Å²) in [4.78, 5) is 12.4. The Morgan fingerprint density at radius 2 is 1.86 bits per heavy atom. The van der Waals surface area contributed by atoms with E-state index in [1.807, 2.05) is 0 Å². The predicted molar refractivity (Wildman–Crippen MR) is 143 cm³/mol. The van der Waals surface area contributed by atoms with Gasteiger partial charge in [-0.05, 0) is 55.0 Å². The average molecular weight is 611 g/mol. The van der Waals surface area contributed by atoms with Gasteiger partial charge in [-0.25, -0.2) is 12.8 Å². The van der Waals surface area contributed by atoms with Gasteiger partial charge in [0, 0.05) is 15.6 Å². The number of hydrogen-bond acceptors (Lipinski definition) is 5. The molecule has 0 fully saturated rings. The molecule has 0 unspecified atom stereocenters. The van der Waals surface area contributed by atoms with Crippen LogP contribution in [0.2, 0.25) is 19.4 Å². The molecule has 2 aromatic heterocycles. The van der Waals surface area contributed by atoms with Crippen LogP contribution in [0.3, 0.4) is 0 Å². The zero-order chi connectivity index (χ0) is 26.0. The Labute approximate surface area is 231 Å². The molecule has 1 aliphatic carbocycles. The summed E-state index contributed by atoms with van der Waals surface area (Å²) in [5, 5.41) is 7.92. The lowest BCUT2D eigenvalue weighted by Gasteiger charge is -2.14. The van der Waals surface area contributed by atoms with Crippen molar-refractivity contribution in [3.05, 3.63) is 72.5 Å². The van der Waals surface area contributed by atoms with E-state index in [1.165, 1.54) is 6.07 Å². The molecule has 0 saturated carbocycles. The number of hydrogen-bond donors (Lipinski definition) is 1. The zero-order valence-corrected chi connectivity index (χ0v) is 23.3. The van der Waals surface area contributed by atoms with Crippen LogP contribution in [0.25, 0.3) is 5.57 Å². The lowest BCUT2D eigenvalue weighted by atomic mass is 10.0. The number of allylic oxidation sites excluding steroid dienone is 1. The topological polar surface area (TPSA) is 81.1 Å². The van der Waals surface area contributed by atoms with E-state index in [2.05, 4.69) is 10.4 Å². The molecule has 0 radical (unpaired) electrons. The number of aromatic nitrogens is 2. The number of carbonyl (C=O) groups excluding carboxylic acids is 1. The first-order chi connectivity index (χ1) is 17.0. The van der Waals surface area contributed by atoms with Gasteiger partial charge in [0.1, 0.15) is 20.1 Å². The third-order valence-corrected chi connectivity index (χ3v) is 10.3. The van der Waals surface area contributed by atoms with E-state index in [4.69, 9.17) is 46.4 Å². The van der Waals surface area contributed by atoms with Crippen LogP contribution in [-0.4, -0.2) is 36.4 Å². The molecule has 13 heteroatoms. The van der Waals surface area contributed by atoms with Gasteiger partial charge >= 0.3 is 0 Å². The fourth-order valence-electron chi connectivity index (χ4n) is 3.95. The summed E-state index contributed by atoms with van der Waals surface area (Å²) in [6.45, 7) is -0.124. The van der Waals surface area contributed by atoms with Gasteiger partial charge in [-0.2, -0.15) is 5.10 Å². The Kier molecular flexibility index (Phi) is 8.69. The van der Waals surface area contributed by atoms with Crippen molar-refractivity contribution >= 4 is 79.1 Å². The maximum Gasteiger partial charge on any atom is 0.235 e. The quantitative estimate of drug-likeness (QED) is 0.306. The van der Waals surface area contributed by atoms with Crippen molar-refractivity contribution in [2.75, 3.05) is 12.3 Å². The van der Waals surface area contributed by atoms with Crippen LogP contribution < -0.4 is 5.32 Å². The first-order valence-electron chi connectivity index (χ1n) is 10.9. The largest absolute Gasteiger partial charge is 0.349 e. The van der Waals surface area contributed by atoms with E-state index in [9.17, 15) is 13.2 Å². The number of halogens is 5. The molecule has 0 atom stereocenters. The highest BCUT2D eigenvalue weighted by Crippen LogP contribution is 2.35. The summed E-state index contributed by atoms with van der Waals surface area (Å²) >= 11 is 24.7. The molecule has 1 aromatic carbocycles. The molecule has 0 aliphatic heterocycles. The monoisotopic (exact) mass is 609 g/mol. The van der Waals surface area contributed by atoms with Crippen LogP contribution in [0.5, 0.6) is 0 Å². The van der Waals surface area contributed by atoms with Crippen molar-refractivity contribution in [2.45, 2.75) is 36.4 Å². The van der Waals surface area contributed by atoms with E-state index < -0.39 is 33.9 Å². The fraction of sp³-hybridized carbons (Fsp3) is 0.304. The first kappa shape index (κ1) is 27.4. The van der Waals surface area contributed by atoms with Crippen molar-refractivity contribution in [2.24, 2.45) is 0 Å². The molecule has 0 spiro atoms. The molecule has 0 saturated heterocycles. The van der Waals surface area contributed by atoms with Gasteiger partial charge in [-0.15, -0.1) is 11.3 Å². The Bertz CT molecular complexity index is 1430. The molecule has 4 rings (SSSR count). The molecule has 36 heavy (non-hydrogen) atoms. The third-order valence-electron chi connectivity index (χ3n) is 5.68. The summed E-state index contributed by atoms with van der Waals surface area (Å²) in [6, 6.07) is 6.36. The Balaban J connectivity index is 1.53. The Morgan fingerprint density at radius 3 is 2.56 bits per heavy atom. The number of carbonyl (C=O) groups is 1. The van der Waals surface area contributed by atoms with Gasteiger partial charge in [0.05, 0.1) is 30.0 Å². The molecule has 192 valence electrons. The molecule has 6 nitrogen and oxygen atoms in total. The SMILES string of the molecule is O=C(CS(=O)(=O)c1cc(Cl)c(Cl)s1)NC/C(F)=C1\CCCCc2cnn(Cc3ccc(Cl)cc3Cl)c21. The van der Waals surface area contributed by atoms with Crippen molar-refractivity contribution in [1.82, 2.24) is 15.1 Å². The minimum Gasteiger partial charge on any atom is -0.349 e. The maximum absolute atomic E-state index is 15.4. The lowest BCUT2D eigenvalue weighted by molar-refractivity contribution is -0.118. The lowest BCUT2D eigenvalue weighted by Crippen LogP contribution is -2.31. The van der Waals surface area contributed by atoms with Crippen molar-refractivity contribution in [3.8, 4) is 0 Å². The summed E-state index contributed by atoms with van der Waals surface area (Å²) < 4.78 is 42.1. The number of thiophene rings is 1. The third kappa shape index (κ3) is 6.26. The minimum absolute atomic E-state index is 0.0945. The van der Waals surface area contributed by atoms with E-state index >= 15 is 4.39 Å². The number of amides is 1. The van der Waals surface area contributed by atoms with E-state index in [0.29, 0.717) is 34.3 Å². The molecule has 3 aromatic rings. The Morgan fingerprint density at radius 1 is 1.11 bits per heavy atom. The average Bonchev–Trinajstić information content (AvgIpc) is 3.28. The van der Waals surface area contributed by atoms with E-state index in [-0.39, 0.29) is 13.6 Å². The predicted octanol–water partition coefficient (Wildman–Crippen LogP) is 6.60. The second kappa shape index (κ2) is 11.4. The zero-order valence-electron chi connectivity index (χ0n) is 18.7. The normalized spacial score (nSPS) is 15.4. The minimum atomic E-state index is -3.96. The van der Waals surface area contributed by atoms with Gasteiger partial charge in [-0.1, -0.05) is 52.5 Å².